The Morgan fingerprint density at radius 3 is 2.78 bits per heavy atom. The molecule has 0 heterocycles. The van der Waals surface area contributed by atoms with Gasteiger partial charge in [0, 0.05) is 17.7 Å². The molecule has 0 fully saturated rings. The largest absolute Gasteiger partial charge is 0.465 e. The molecule has 0 aliphatic carbocycles. The van der Waals surface area contributed by atoms with E-state index < -0.39 is 10.9 Å². The second kappa shape index (κ2) is 7.69. The Kier molecular flexibility index (Phi) is 5.40. The summed E-state index contributed by atoms with van der Waals surface area (Å²) in [5.41, 5.74) is 1.72. The number of non-ortho nitro benzene ring substituents is 1. The van der Waals surface area contributed by atoms with Gasteiger partial charge in [-0.3, -0.25) is 10.1 Å². The van der Waals surface area contributed by atoms with E-state index >= 15 is 0 Å². The molecule has 2 aromatic carbocycles. The topological polar surface area (TPSA) is 91.0 Å². The number of methoxy groups -OCH3 is 1. The van der Waals surface area contributed by atoms with Gasteiger partial charge in [0.1, 0.15) is 6.61 Å². The molecule has 0 bridgehead atoms. The van der Waals surface area contributed by atoms with E-state index in [1.54, 1.807) is 36.4 Å². The highest BCUT2D eigenvalue weighted by Gasteiger charge is 2.06. The zero-order valence-corrected chi connectivity index (χ0v) is 12.3. The summed E-state index contributed by atoms with van der Waals surface area (Å²) in [6.45, 7) is 0.163. The van der Waals surface area contributed by atoms with Crippen LogP contribution in [0.5, 0.6) is 0 Å². The van der Waals surface area contributed by atoms with E-state index in [0.29, 0.717) is 11.1 Å². The minimum absolute atomic E-state index is 0.0141. The molecular weight excluding hydrogens is 300 g/mol. The van der Waals surface area contributed by atoms with Gasteiger partial charge < -0.3 is 9.57 Å². The third kappa shape index (κ3) is 4.63. The first-order chi connectivity index (χ1) is 11.1. The summed E-state index contributed by atoms with van der Waals surface area (Å²) in [5, 5.41) is 14.4. The molecule has 0 saturated heterocycles. The number of rotatable bonds is 6. The third-order valence-electron chi connectivity index (χ3n) is 2.94. The van der Waals surface area contributed by atoms with E-state index in [1.807, 2.05) is 0 Å². The van der Waals surface area contributed by atoms with Gasteiger partial charge in [-0.05, 0) is 17.7 Å². The van der Waals surface area contributed by atoms with Crippen molar-refractivity contribution >= 4 is 17.9 Å². The number of oxime groups is 1. The summed E-state index contributed by atoms with van der Waals surface area (Å²) in [7, 11) is 1.31. The number of ether oxygens (including phenoxy) is 1. The number of esters is 1. The molecule has 23 heavy (non-hydrogen) atoms. The smallest absolute Gasteiger partial charge is 0.337 e. The summed E-state index contributed by atoms with van der Waals surface area (Å²) >= 11 is 0. The van der Waals surface area contributed by atoms with Crippen LogP contribution in [0.3, 0.4) is 0 Å². The van der Waals surface area contributed by atoms with Crippen molar-refractivity contribution in [3.8, 4) is 0 Å². The van der Waals surface area contributed by atoms with Crippen LogP contribution >= 0.6 is 0 Å². The van der Waals surface area contributed by atoms with Crippen LogP contribution in [-0.4, -0.2) is 24.2 Å². The molecule has 0 aromatic heterocycles. The lowest BCUT2D eigenvalue weighted by Gasteiger charge is -2.03. The number of nitro benzene ring substituents is 1. The fourth-order valence-electron chi connectivity index (χ4n) is 1.83. The lowest BCUT2D eigenvalue weighted by atomic mass is 10.1. The molecule has 0 amide bonds. The zero-order chi connectivity index (χ0) is 16.7. The van der Waals surface area contributed by atoms with Gasteiger partial charge in [0.05, 0.1) is 23.8 Å². The average molecular weight is 314 g/mol. The zero-order valence-electron chi connectivity index (χ0n) is 12.3. The number of carbonyl (C=O) groups is 1. The van der Waals surface area contributed by atoms with Crippen LogP contribution < -0.4 is 0 Å². The minimum atomic E-state index is -0.476. The third-order valence-corrected chi connectivity index (χ3v) is 2.94. The Hall–Kier alpha value is -3.22. The molecule has 0 atom stereocenters. The standard InChI is InChI=1S/C16H14N2O5/c1-22-16(19)14-6-2-5-13(8-14)11-23-17-10-12-4-3-7-15(9-12)18(20)21/h2-10H,11H2,1H3/b17-10-. The lowest BCUT2D eigenvalue weighted by Crippen LogP contribution is -2.01. The molecule has 7 heteroatoms. The molecule has 0 aliphatic heterocycles. The molecule has 0 saturated carbocycles. The molecule has 7 nitrogen and oxygen atoms in total. The van der Waals surface area contributed by atoms with E-state index in [2.05, 4.69) is 9.89 Å². The maximum atomic E-state index is 11.4. The van der Waals surface area contributed by atoms with Crippen molar-refractivity contribution in [2.45, 2.75) is 6.61 Å². The maximum Gasteiger partial charge on any atom is 0.337 e. The Morgan fingerprint density at radius 2 is 2.04 bits per heavy atom. The highest BCUT2D eigenvalue weighted by molar-refractivity contribution is 5.89. The van der Waals surface area contributed by atoms with Crippen LogP contribution in [0.25, 0.3) is 0 Å². The SMILES string of the molecule is COC(=O)c1cccc(CO/N=C\c2cccc([N+](=O)[O-])c2)c1. The van der Waals surface area contributed by atoms with Crippen LogP contribution in [-0.2, 0) is 16.2 Å². The highest BCUT2D eigenvalue weighted by Crippen LogP contribution is 2.12. The molecule has 2 rings (SSSR count). The number of nitro groups is 1. The van der Waals surface area contributed by atoms with Gasteiger partial charge in [-0.15, -0.1) is 0 Å². The van der Waals surface area contributed by atoms with Gasteiger partial charge in [0.2, 0.25) is 0 Å². The Labute approximate surface area is 132 Å². The monoisotopic (exact) mass is 314 g/mol. The summed E-state index contributed by atoms with van der Waals surface area (Å²) in [5.74, 6) is -0.424. The molecule has 0 aliphatic rings. The molecule has 0 spiro atoms. The molecule has 118 valence electrons. The number of hydrogen-bond donors (Lipinski definition) is 0. The fourth-order valence-corrected chi connectivity index (χ4v) is 1.83. The summed E-state index contributed by atoms with van der Waals surface area (Å²) in [6, 6.07) is 12.8. The van der Waals surface area contributed by atoms with Crippen molar-refractivity contribution < 1.29 is 19.3 Å². The van der Waals surface area contributed by atoms with Crippen LogP contribution in [0.15, 0.2) is 53.7 Å². The van der Waals surface area contributed by atoms with Gasteiger partial charge >= 0.3 is 5.97 Å². The predicted molar refractivity (Wildman–Crippen MR) is 83.3 cm³/mol. The minimum Gasteiger partial charge on any atom is -0.465 e. The van der Waals surface area contributed by atoms with E-state index in [0.717, 1.165) is 5.56 Å². The number of carbonyl (C=O) groups excluding carboxylic acids is 1. The van der Waals surface area contributed by atoms with Gasteiger partial charge in [0.25, 0.3) is 5.69 Å². The second-order valence-electron chi connectivity index (χ2n) is 4.55. The summed E-state index contributed by atoms with van der Waals surface area (Å²) in [6.07, 6.45) is 1.39. The van der Waals surface area contributed by atoms with Gasteiger partial charge in [-0.1, -0.05) is 29.4 Å². The van der Waals surface area contributed by atoms with E-state index in [-0.39, 0.29) is 12.3 Å². The van der Waals surface area contributed by atoms with Gasteiger partial charge in [-0.2, -0.15) is 0 Å². The van der Waals surface area contributed by atoms with Crippen molar-refractivity contribution in [1.29, 1.82) is 0 Å². The predicted octanol–water partition coefficient (Wildman–Crippen LogP) is 2.93. The molecule has 0 radical (unpaired) electrons. The van der Waals surface area contributed by atoms with E-state index in [9.17, 15) is 14.9 Å². The molecular formula is C16H14N2O5. The highest BCUT2D eigenvalue weighted by atomic mass is 16.6. The fraction of sp³-hybridized carbons (Fsp3) is 0.125. The quantitative estimate of drug-likeness (QED) is 0.354. The van der Waals surface area contributed by atoms with Crippen molar-refractivity contribution in [2.75, 3.05) is 7.11 Å². The van der Waals surface area contributed by atoms with Crippen molar-refractivity contribution in [1.82, 2.24) is 0 Å². The van der Waals surface area contributed by atoms with Crippen molar-refractivity contribution in [3.05, 3.63) is 75.3 Å². The summed E-state index contributed by atoms with van der Waals surface area (Å²) in [4.78, 5) is 26.8. The maximum absolute atomic E-state index is 11.4. The van der Waals surface area contributed by atoms with Crippen molar-refractivity contribution in [2.24, 2.45) is 5.16 Å². The summed E-state index contributed by atoms with van der Waals surface area (Å²) < 4.78 is 4.64. The first kappa shape index (κ1) is 16.2. The molecule has 2 aromatic rings. The van der Waals surface area contributed by atoms with Gasteiger partial charge in [-0.25, -0.2) is 4.79 Å². The first-order valence-electron chi connectivity index (χ1n) is 6.67. The number of nitrogens with zero attached hydrogens (tertiary/aromatic N) is 2. The lowest BCUT2D eigenvalue weighted by molar-refractivity contribution is -0.384. The second-order valence-corrected chi connectivity index (χ2v) is 4.55. The number of benzene rings is 2. The van der Waals surface area contributed by atoms with Crippen LogP contribution in [0.4, 0.5) is 5.69 Å². The molecule has 0 unspecified atom stereocenters. The van der Waals surface area contributed by atoms with Crippen LogP contribution in [0.1, 0.15) is 21.5 Å². The number of hydrogen-bond acceptors (Lipinski definition) is 6. The Balaban J connectivity index is 1.95. The van der Waals surface area contributed by atoms with Crippen LogP contribution in [0.2, 0.25) is 0 Å². The first-order valence-corrected chi connectivity index (χ1v) is 6.67. The normalized spacial score (nSPS) is 10.5. The van der Waals surface area contributed by atoms with Gasteiger partial charge in [0.15, 0.2) is 0 Å². The Morgan fingerprint density at radius 1 is 1.26 bits per heavy atom. The van der Waals surface area contributed by atoms with Crippen molar-refractivity contribution in [3.63, 3.8) is 0 Å². The van der Waals surface area contributed by atoms with E-state index in [4.69, 9.17) is 4.84 Å². The Bertz CT molecular complexity index is 743. The average Bonchev–Trinajstić information content (AvgIpc) is 2.58. The van der Waals surface area contributed by atoms with E-state index in [1.165, 1.54) is 25.5 Å². The van der Waals surface area contributed by atoms with Crippen LogP contribution in [0, 0.1) is 10.1 Å². The molecule has 0 N–H and O–H groups in total.